The second-order valence-electron chi connectivity index (χ2n) is 5.04. The standard InChI is InChI=1S/C15H19N3O2/c1-9-5-6-12(16)7-13(9)15(19)18(4)8-14-10(2)17-20-11(14)3/h5-7H,8,16H2,1-4H3. The summed E-state index contributed by atoms with van der Waals surface area (Å²) in [4.78, 5) is 14.1. The number of anilines is 1. The number of nitrogen functional groups attached to an aromatic ring is 1. The average Bonchev–Trinajstić information content (AvgIpc) is 2.72. The van der Waals surface area contributed by atoms with E-state index in [0.717, 1.165) is 22.6 Å². The first-order valence-electron chi connectivity index (χ1n) is 6.43. The van der Waals surface area contributed by atoms with Crippen molar-refractivity contribution in [1.29, 1.82) is 0 Å². The molecule has 0 saturated carbocycles. The molecule has 0 radical (unpaired) electrons. The average molecular weight is 273 g/mol. The Morgan fingerprint density at radius 1 is 1.35 bits per heavy atom. The molecule has 2 rings (SSSR count). The molecule has 106 valence electrons. The Morgan fingerprint density at radius 3 is 2.65 bits per heavy atom. The summed E-state index contributed by atoms with van der Waals surface area (Å²) in [6.07, 6.45) is 0. The summed E-state index contributed by atoms with van der Waals surface area (Å²) in [7, 11) is 1.76. The molecular formula is C15H19N3O2. The van der Waals surface area contributed by atoms with Gasteiger partial charge in [-0.3, -0.25) is 4.79 Å². The van der Waals surface area contributed by atoms with Crippen LogP contribution in [0.1, 0.15) is 32.9 Å². The number of benzene rings is 1. The third-order valence-corrected chi connectivity index (χ3v) is 3.42. The SMILES string of the molecule is Cc1ccc(N)cc1C(=O)N(C)Cc1c(C)noc1C. The zero-order chi connectivity index (χ0) is 14.9. The van der Waals surface area contributed by atoms with E-state index in [4.69, 9.17) is 10.3 Å². The van der Waals surface area contributed by atoms with Crippen LogP contribution in [0.3, 0.4) is 0 Å². The number of nitrogens with two attached hydrogens (primary N) is 1. The van der Waals surface area contributed by atoms with Crippen LogP contribution < -0.4 is 5.73 Å². The lowest BCUT2D eigenvalue weighted by atomic mass is 10.1. The van der Waals surface area contributed by atoms with Crippen molar-refractivity contribution in [2.45, 2.75) is 27.3 Å². The van der Waals surface area contributed by atoms with E-state index in [1.807, 2.05) is 26.8 Å². The first-order chi connectivity index (χ1) is 9.40. The van der Waals surface area contributed by atoms with Crippen molar-refractivity contribution < 1.29 is 9.32 Å². The summed E-state index contributed by atoms with van der Waals surface area (Å²) in [6.45, 7) is 6.08. The molecule has 1 aromatic carbocycles. The lowest BCUT2D eigenvalue weighted by Gasteiger charge is -2.18. The van der Waals surface area contributed by atoms with E-state index >= 15 is 0 Å². The van der Waals surface area contributed by atoms with E-state index in [-0.39, 0.29) is 5.91 Å². The van der Waals surface area contributed by atoms with Crippen LogP contribution in [0, 0.1) is 20.8 Å². The van der Waals surface area contributed by atoms with Gasteiger partial charge in [0.25, 0.3) is 5.91 Å². The molecule has 0 aliphatic rings. The molecule has 0 aliphatic heterocycles. The van der Waals surface area contributed by atoms with Gasteiger partial charge in [0.15, 0.2) is 0 Å². The highest BCUT2D eigenvalue weighted by atomic mass is 16.5. The molecule has 2 N–H and O–H groups in total. The molecular weight excluding hydrogens is 254 g/mol. The number of carbonyl (C=O) groups excluding carboxylic acids is 1. The van der Waals surface area contributed by atoms with Gasteiger partial charge in [-0.15, -0.1) is 0 Å². The Balaban J connectivity index is 2.23. The minimum Gasteiger partial charge on any atom is -0.399 e. The monoisotopic (exact) mass is 273 g/mol. The molecule has 5 nitrogen and oxygen atoms in total. The molecule has 0 aliphatic carbocycles. The number of rotatable bonds is 3. The summed E-state index contributed by atoms with van der Waals surface area (Å²) >= 11 is 0. The summed E-state index contributed by atoms with van der Waals surface area (Å²) in [5.41, 5.74) is 9.64. The van der Waals surface area contributed by atoms with Crippen LogP contribution in [-0.4, -0.2) is 23.0 Å². The highest BCUT2D eigenvalue weighted by molar-refractivity contribution is 5.96. The van der Waals surface area contributed by atoms with E-state index in [9.17, 15) is 4.79 Å². The molecule has 1 aromatic heterocycles. The number of aryl methyl sites for hydroxylation is 3. The number of amides is 1. The first kappa shape index (κ1) is 14.1. The lowest BCUT2D eigenvalue weighted by Crippen LogP contribution is -2.27. The molecule has 0 saturated heterocycles. The first-order valence-corrected chi connectivity index (χ1v) is 6.43. The highest BCUT2D eigenvalue weighted by Gasteiger charge is 2.18. The molecule has 5 heteroatoms. The molecule has 0 spiro atoms. The number of hydrogen-bond acceptors (Lipinski definition) is 4. The minimum absolute atomic E-state index is 0.0604. The van der Waals surface area contributed by atoms with Crippen molar-refractivity contribution in [3.8, 4) is 0 Å². The molecule has 1 heterocycles. The Bertz CT molecular complexity index is 627. The fourth-order valence-corrected chi connectivity index (χ4v) is 2.11. The Labute approximate surface area is 118 Å². The molecule has 0 bridgehead atoms. The lowest BCUT2D eigenvalue weighted by molar-refractivity contribution is 0.0784. The Hall–Kier alpha value is -2.30. The fraction of sp³-hybridized carbons (Fsp3) is 0.333. The van der Waals surface area contributed by atoms with Crippen LogP contribution in [-0.2, 0) is 6.54 Å². The molecule has 20 heavy (non-hydrogen) atoms. The van der Waals surface area contributed by atoms with Crippen molar-refractivity contribution >= 4 is 11.6 Å². The van der Waals surface area contributed by atoms with Crippen molar-refractivity contribution in [1.82, 2.24) is 10.1 Å². The van der Waals surface area contributed by atoms with Crippen molar-refractivity contribution in [3.63, 3.8) is 0 Å². The number of aromatic nitrogens is 1. The van der Waals surface area contributed by atoms with E-state index in [1.165, 1.54) is 0 Å². The zero-order valence-electron chi connectivity index (χ0n) is 12.2. The second kappa shape index (κ2) is 5.36. The summed E-state index contributed by atoms with van der Waals surface area (Å²) in [5, 5.41) is 3.90. The van der Waals surface area contributed by atoms with Gasteiger partial charge >= 0.3 is 0 Å². The van der Waals surface area contributed by atoms with Gasteiger partial charge in [-0.05, 0) is 38.5 Å². The van der Waals surface area contributed by atoms with Crippen molar-refractivity contribution in [2.24, 2.45) is 0 Å². The van der Waals surface area contributed by atoms with Crippen LogP contribution in [0.15, 0.2) is 22.7 Å². The van der Waals surface area contributed by atoms with Crippen LogP contribution in [0.5, 0.6) is 0 Å². The highest BCUT2D eigenvalue weighted by Crippen LogP contribution is 2.18. The Kier molecular flexibility index (Phi) is 3.79. The fourth-order valence-electron chi connectivity index (χ4n) is 2.11. The van der Waals surface area contributed by atoms with Crippen LogP contribution in [0.4, 0.5) is 5.69 Å². The summed E-state index contributed by atoms with van der Waals surface area (Å²) in [6, 6.07) is 5.36. The van der Waals surface area contributed by atoms with Crippen LogP contribution in [0.2, 0.25) is 0 Å². The third kappa shape index (κ3) is 2.66. The topological polar surface area (TPSA) is 72.4 Å². The largest absolute Gasteiger partial charge is 0.399 e. The zero-order valence-corrected chi connectivity index (χ0v) is 12.2. The van der Waals surface area contributed by atoms with E-state index in [0.29, 0.717) is 17.8 Å². The van der Waals surface area contributed by atoms with E-state index in [1.54, 1.807) is 24.1 Å². The molecule has 0 fully saturated rings. The van der Waals surface area contributed by atoms with E-state index in [2.05, 4.69) is 5.16 Å². The molecule has 1 amide bonds. The van der Waals surface area contributed by atoms with Crippen molar-refractivity contribution in [2.75, 3.05) is 12.8 Å². The maximum Gasteiger partial charge on any atom is 0.254 e. The third-order valence-electron chi connectivity index (χ3n) is 3.42. The molecule has 0 unspecified atom stereocenters. The van der Waals surface area contributed by atoms with E-state index < -0.39 is 0 Å². The van der Waals surface area contributed by atoms with Crippen LogP contribution >= 0.6 is 0 Å². The smallest absolute Gasteiger partial charge is 0.254 e. The minimum atomic E-state index is -0.0604. The van der Waals surface area contributed by atoms with Gasteiger partial charge < -0.3 is 15.2 Å². The molecule has 0 atom stereocenters. The number of hydrogen-bond donors (Lipinski definition) is 1. The van der Waals surface area contributed by atoms with Crippen molar-refractivity contribution in [3.05, 3.63) is 46.3 Å². The van der Waals surface area contributed by atoms with Gasteiger partial charge in [-0.1, -0.05) is 11.2 Å². The maximum absolute atomic E-state index is 12.5. The normalized spacial score (nSPS) is 10.6. The van der Waals surface area contributed by atoms with Gasteiger partial charge in [0.1, 0.15) is 5.76 Å². The second-order valence-corrected chi connectivity index (χ2v) is 5.04. The number of carbonyl (C=O) groups is 1. The quantitative estimate of drug-likeness (QED) is 0.872. The van der Waals surface area contributed by atoms with Crippen LogP contribution in [0.25, 0.3) is 0 Å². The van der Waals surface area contributed by atoms with Gasteiger partial charge in [0.2, 0.25) is 0 Å². The van der Waals surface area contributed by atoms with Gasteiger partial charge in [-0.25, -0.2) is 0 Å². The molecule has 2 aromatic rings. The van der Waals surface area contributed by atoms with Gasteiger partial charge in [-0.2, -0.15) is 0 Å². The summed E-state index contributed by atoms with van der Waals surface area (Å²) < 4.78 is 5.12. The predicted molar refractivity (Wildman–Crippen MR) is 77.4 cm³/mol. The van der Waals surface area contributed by atoms with Gasteiger partial charge in [0, 0.05) is 23.9 Å². The van der Waals surface area contributed by atoms with Gasteiger partial charge in [0.05, 0.1) is 12.2 Å². The summed E-state index contributed by atoms with van der Waals surface area (Å²) in [5.74, 6) is 0.682. The number of nitrogens with zero attached hydrogens (tertiary/aromatic N) is 2. The predicted octanol–water partition coefficient (Wildman–Crippen LogP) is 2.45. The maximum atomic E-state index is 12.5. The Morgan fingerprint density at radius 2 is 2.05 bits per heavy atom.